The minimum Gasteiger partial charge on any atom is -0.453 e. The Balaban J connectivity index is 2.22. The van der Waals surface area contributed by atoms with Crippen molar-refractivity contribution in [3.8, 4) is 0 Å². The zero-order valence-corrected chi connectivity index (χ0v) is 11.2. The quantitative estimate of drug-likeness (QED) is 0.881. The van der Waals surface area contributed by atoms with Crippen LogP contribution in [-0.2, 0) is 4.79 Å². The van der Waals surface area contributed by atoms with E-state index in [1.807, 2.05) is 30.3 Å². The van der Waals surface area contributed by atoms with Crippen molar-refractivity contribution in [1.82, 2.24) is 0 Å². The molecule has 17 heavy (non-hydrogen) atoms. The molecule has 1 amide bonds. The van der Waals surface area contributed by atoms with Gasteiger partial charge in [-0.3, -0.25) is 4.79 Å². The van der Waals surface area contributed by atoms with Gasteiger partial charge < -0.3 is 10.2 Å². The molecule has 1 heterocycles. The van der Waals surface area contributed by atoms with Crippen LogP contribution in [0.3, 0.4) is 0 Å². The van der Waals surface area contributed by atoms with E-state index in [1.165, 1.54) is 11.8 Å². The van der Waals surface area contributed by atoms with Crippen molar-refractivity contribution in [2.75, 3.05) is 0 Å². The molecule has 0 spiro atoms. The summed E-state index contributed by atoms with van der Waals surface area (Å²) in [5.74, 6) is 0.138. The third-order valence-corrected chi connectivity index (χ3v) is 3.78. The Hall–Kier alpha value is -1.20. The van der Waals surface area contributed by atoms with Gasteiger partial charge in [0.25, 0.3) is 0 Å². The van der Waals surface area contributed by atoms with Crippen LogP contribution in [0.1, 0.15) is 11.0 Å². The number of furan rings is 1. The minimum atomic E-state index is -0.510. The van der Waals surface area contributed by atoms with Gasteiger partial charge in [-0.15, -0.1) is 11.8 Å². The van der Waals surface area contributed by atoms with Crippen molar-refractivity contribution in [3.05, 3.63) is 52.9 Å². The van der Waals surface area contributed by atoms with E-state index in [-0.39, 0.29) is 0 Å². The van der Waals surface area contributed by atoms with E-state index < -0.39 is 11.2 Å². The molecule has 0 saturated heterocycles. The molecule has 2 aromatic rings. The molecule has 2 N–H and O–H groups in total. The van der Waals surface area contributed by atoms with Crippen molar-refractivity contribution in [3.63, 3.8) is 0 Å². The van der Waals surface area contributed by atoms with Crippen molar-refractivity contribution in [2.45, 2.75) is 10.1 Å². The SMILES string of the molecule is NC(=O)C(Sc1ccccc1)c1ccc(Br)o1. The van der Waals surface area contributed by atoms with Crippen LogP contribution in [0, 0.1) is 0 Å². The van der Waals surface area contributed by atoms with Gasteiger partial charge in [-0.2, -0.15) is 0 Å². The number of amides is 1. The van der Waals surface area contributed by atoms with Gasteiger partial charge >= 0.3 is 0 Å². The molecule has 1 unspecified atom stereocenters. The van der Waals surface area contributed by atoms with E-state index in [0.717, 1.165) is 4.90 Å². The van der Waals surface area contributed by atoms with Crippen LogP contribution >= 0.6 is 27.7 Å². The fraction of sp³-hybridized carbons (Fsp3) is 0.0833. The lowest BCUT2D eigenvalue weighted by Gasteiger charge is -2.09. The molecule has 3 nitrogen and oxygen atoms in total. The predicted octanol–water partition coefficient (Wildman–Crippen LogP) is 3.36. The van der Waals surface area contributed by atoms with Gasteiger partial charge in [0.05, 0.1) is 0 Å². The second-order valence-corrected chi connectivity index (χ2v) is 5.32. The standard InChI is InChI=1S/C12H10BrNO2S/c13-10-7-6-9(16-10)11(12(14)15)17-8-4-2-1-3-5-8/h1-7,11H,(H2,14,15). The monoisotopic (exact) mass is 311 g/mol. The number of hydrogen-bond donors (Lipinski definition) is 1. The highest BCUT2D eigenvalue weighted by Gasteiger charge is 2.22. The Morgan fingerprint density at radius 1 is 1.24 bits per heavy atom. The highest BCUT2D eigenvalue weighted by atomic mass is 79.9. The summed E-state index contributed by atoms with van der Waals surface area (Å²) in [6.45, 7) is 0. The molecule has 1 aromatic carbocycles. The van der Waals surface area contributed by atoms with Gasteiger partial charge in [-0.25, -0.2) is 0 Å². The molecule has 5 heteroatoms. The zero-order valence-electron chi connectivity index (χ0n) is 8.80. The fourth-order valence-electron chi connectivity index (χ4n) is 1.36. The van der Waals surface area contributed by atoms with Gasteiger partial charge in [0.15, 0.2) is 4.67 Å². The molecule has 88 valence electrons. The van der Waals surface area contributed by atoms with Crippen molar-refractivity contribution < 1.29 is 9.21 Å². The summed E-state index contributed by atoms with van der Waals surface area (Å²) in [5, 5.41) is -0.510. The molecule has 0 bridgehead atoms. The summed E-state index contributed by atoms with van der Waals surface area (Å²) in [6, 6.07) is 13.1. The lowest BCUT2D eigenvalue weighted by Crippen LogP contribution is -2.18. The molecule has 1 aromatic heterocycles. The number of carbonyl (C=O) groups is 1. The molecule has 0 aliphatic rings. The van der Waals surface area contributed by atoms with Crippen molar-refractivity contribution in [2.24, 2.45) is 5.73 Å². The maximum atomic E-state index is 11.4. The van der Waals surface area contributed by atoms with Crippen molar-refractivity contribution >= 4 is 33.6 Å². The Kier molecular flexibility index (Phi) is 3.91. The molecular weight excluding hydrogens is 302 g/mol. The second kappa shape index (κ2) is 5.42. The Labute approximate surface area is 112 Å². The highest BCUT2D eigenvalue weighted by molar-refractivity contribution is 9.10. The number of primary amides is 1. The van der Waals surface area contributed by atoms with E-state index >= 15 is 0 Å². The first-order chi connectivity index (χ1) is 8.16. The number of thioether (sulfide) groups is 1. The highest BCUT2D eigenvalue weighted by Crippen LogP contribution is 2.36. The number of nitrogens with two attached hydrogens (primary N) is 1. The third kappa shape index (κ3) is 3.14. The fourth-order valence-corrected chi connectivity index (χ4v) is 2.63. The van der Waals surface area contributed by atoms with E-state index in [2.05, 4.69) is 15.9 Å². The molecule has 1 atom stereocenters. The number of carbonyl (C=O) groups excluding carboxylic acids is 1. The van der Waals surface area contributed by atoms with E-state index in [1.54, 1.807) is 12.1 Å². The maximum absolute atomic E-state index is 11.4. The lowest BCUT2D eigenvalue weighted by molar-refractivity contribution is -0.117. The molecule has 0 aliphatic carbocycles. The molecule has 0 radical (unpaired) electrons. The minimum absolute atomic E-state index is 0.416. The molecule has 0 saturated carbocycles. The van der Waals surface area contributed by atoms with Gasteiger partial charge in [-0.1, -0.05) is 18.2 Å². The van der Waals surface area contributed by atoms with E-state index in [4.69, 9.17) is 10.2 Å². The maximum Gasteiger partial charge on any atom is 0.238 e. The van der Waals surface area contributed by atoms with Crippen molar-refractivity contribution in [1.29, 1.82) is 0 Å². The smallest absolute Gasteiger partial charge is 0.238 e. The second-order valence-electron chi connectivity index (χ2n) is 3.36. The van der Waals surface area contributed by atoms with Crippen LogP contribution in [0.5, 0.6) is 0 Å². The lowest BCUT2D eigenvalue weighted by atomic mass is 10.3. The Bertz CT molecular complexity index is 512. The number of rotatable bonds is 4. The van der Waals surface area contributed by atoms with Crippen LogP contribution in [0.4, 0.5) is 0 Å². The summed E-state index contributed by atoms with van der Waals surface area (Å²) in [5.41, 5.74) is 5.39. The number of benzene rings is 1. The first-order valence-electron chi connectivity index (χ1n) is 4.93. The van der Waals surface area contributed by atoms with E-state index in [0.29, 0.717) is 10.4 Å². The first kappa shape index (κ1) is 12.3. The van der Waals surface area contributed by atoms with Gasteiger partial charge in [0, 0.05) is 4.90 Å². The molecule has 0 fully saturated rings. The van der Waals surface area contributed by atoms with Crippen LogP contribution in [-0.4, -0.2) is 5.91 Å². The van der Waals surface area contributed by atoms with Crippen LogP contribution in [0.15, 0.2) is 56.4 Å². The summed E-state index contributed by atoms with van der Waals surface area (Å²) in [4.78, 5) is 12.4. The van der Waals surface area contributed by atoms with Gasteiger partial charge in [-0.05, 0) is 40.2 Å². The third-order valence-electron chi connectivity index (χ3n) is 2.11. The molecule has 0 aliphatic heterocycles. The Morgan fingerprint density at radius 2 is 1.94 bits per heavy atom. The number of hydrogen-bond acceptors (Lipinski definition) is 3. The molecular formula is C12H10BrNO2S. The normalized spacial score (nSPS) is 12.3. The summed E-state index contributed by atoms with van der Waals surface area (Å²) in [7, 11) is 0. The van der Waals surface area contributed by atoms with Crippen LogP contribution < -0.4 is 5.73 Å². The first-order valence-corrected chi connectivity index (χ1v) is 6.60. The number of halogens is 1. The average Bonchev–Trinajstić information content (AvgIpc) is 2.73. The van der Waals surface area contributed by atoms with Gasteiger partial charge in [0.2, 0.25) is 5.91 Å². The summed E-state index contributed by atoms with van der Waals surface area (Å²) < 4.78 is 5.96. The van der Waals surface area contributed by atoms with Crippen LogP contribution in [0.25, 0.3) is 0 Å². The summed E-state index contributed by atoms with van der Waals surface area (Å²) in [6.07, 6.45) is 0. The summed E-state index contributed by atoms with van der Waals surface area (Å²) >= 11 is 4.58. The molecule has 2 rings (SSSR count). The Morgan fingerprint density at radius 3 is 2.47 bits per heavy atom. The predicted molar refractivity (Wildman–Crippen MR) is 70.6 cm³/mol. The van der Waals surface area contributed by atoms with Gasteiger partial charge in [0.1, 0.15) is 11.0 Å². The largest absolute Gasteiger partial charge is 0.453 e. The average molecular weight is 312 g/mol. The van der Waals surface area contributed by atoms with E-state index in [9.17, 15) is 4.79 Å². The zero-order chi connectivity index (χ0) is 12.3. The van der Waals surface area contributed by atoms with Crippen LogP contribution in [0.2, 0.25) is 0 Å². The topological polar surface area (TPSA) is 56.2 Å².